The summed E-state index contributed by atoms with van der Waals surface area (Å²) in [4.78, 5) is 3.95. The topological polar surface area (TPSA) is 79.3 Å². The Morgan fingerprint density at radius 1 is 1.41 bits per heavy atom. The number of pyridine rings is 1. The third-order valence-corrected chi connectivity index (χ3v) is 3.86. The molecular weight excluding hydrogens is 240 g/mol. The molecule has 0 aliphatic rings. The number of aryl methyl sites for hydroxylation is 1. The van der Waals surface area contributed by atoms with Crippen LogP contribution >= 0.6 is 0 Å². The number of aliphatic hydroxyl groups excluding tert-OH is 1. The minimum Gasteiger partial charge on any atom is -0.396 e. The van der Waals surface area contributed by atoms with Gasteiger partial charge in [-0.3, -0.25) is 4.98 Å². The van der Waals surface area contributed by atoms with Crippen LogP contribution in [0.3, 0.4) is 0 Å². The van der Waals surface area contributed by atoms with Crippen LogP contribution in [-0.2, 0) is 16.6 Å². The number of unbranched alkanes of at least 4 members (excludes halogenated alkanes) is 1. The van der Waals surface area contributed by atoms with E-state index in [0.29, 0.717) is 12.8 Å². The van der Waals surface area contributed by atoms with E-state index in [1.54, 1.807) is 12.4 Å². The number of aliphatic hydroxyl groups is 1. The van der Waals surface area contributed by atoms with E-state index in [2.05, 4.69) is 9.71 Å². The van der Waals surface area contributed by atoms with Gasteiger partial charge in [-0.2, -0.15) is 0 Å². The molecule has 0 radical (unpaired) electrons. The highest BCUT2D eigenvalue weighted by atomic mass is 32.2. The molecule has 96 valence electrons. The number of nitrogens with one attached hydrogen (secondary N) is 1. The molecule has 0 aliphatic carbocycles. The zero-order valence-corrected chi connectivity index (χ0v) is 10.7. The van der Waals surface area contributed by atoms with Gasteiger partial charge < -0.3 is 5.11 Å². The van der Waals surface area contributed by atoms with Crippen molar-refractivity contribution >= 4 is 10.0 Å². The zero-order valence-electron chi connectivity index (χ0n) is 9.89. The van der Waals surface area contributed by atoms with Crippen molar-refractivity contribution in [1.29, 1.82) is 0 Å². The summed E-state index contributed by atoms with van der Waals surface area (Å²) in [7, 11) is -3.26. The van der Waals surface area contributed by atoms with Crippen LogP contribution in [0.15, 0.2) is 18.5 Å². The lowest BCUT2D eigenvalue weighted by Gasteiger charge is -2.07. The number of hydrogen-bond donors (Lipinski definition) is 2. The fourth-order valence-electron chi connectivity index (χ4n) is 1.35. The smallest absolute Gasteiger partial charge is 0.211 e. The predicted molar refractivity (Wildman–Crippen MR) is 65.9 cm³/mol. The average molecular weight is 258 g/mol. The van der Waals surface area contributed by atoms with E-state index >= 15 is 0 Å². The van der Waals surface area contributed by atoms with Gasteiger partial charge in [0.05, 0.1) is 5.75 Å². The van der Waals surface area contributed by atoms with Gasteiger partial charge in [-0.05, 0) is 37.0 Å². The first-order chi connectivity index (χ1) is 8.05. The lowest BCUT2D eigenvalue weighted by atomic mass is 10.2. The molecule has 0 unspecified atom stereocenters. The SMILES string of the molecule is Cc1ccncc1CNS(=O)(=O)CCCCO. The molecule has 6 heteroatoms. The van der Waals surface area contributed by atoms with Gasteiger partial charge >= 0.3 is 0 Å². The van der Waals surface area contributed by atoms with Gasteiger partial charge in [0, 0.05) is 25.5 Å². The van der Waals surface area contributed by atoms with Crippen molar-refractivity contribution in [3.63, 3.8) is 0 Å². The molecule has 17 heavy (non-hydrogen) atoms. The summed E-state index contributed by atoms with van der Waals surface area (Å²) in [6, 6.07) is 1.84. The Morgan fingerprint density at radius 3 is 2.82 bits per heavy atom. The molecule has 0 aromatic carbocycles. The zero-order chi connectivity index (χ0) is 12.7. The average Bonchev–Trinajstić information content (AvgIpc) is 2.28. The molecule has 1 aromatic rings. The summed E-state index contributed by atoms with van der Waals surface area (Å²) in [5, 5.41) is 8.58. The molecule has 0 spiro atoms. The van der Waals surface area contributed by atoms with Crippen LogP contribution in [0.1, 0.15) is 24.0 Å². The molecule has 0 saturated carbocycles. The monoisotopic (exact) mass is 258 g/mol. The van der Waals surface area contributed by atoms with E-state index in [1.165, 1.54) is 0 Å². The summed E-state index contributed by atoms with van der Waals surface area (Å²) in [6.07, 6.45) is 4.31. The molecule has 1 heterocycles. The van der Waals surface area contributed by atoms with Crippen LogP contribution in [0.4, 0.5) is 0 Å². The lowest BCUT2D eigenvalue weighted by Crippen LogP contribution is -2.26. The van der Waals surface area contributed by atoms with Crippen LogP contribution in [-0.4, -0.2) is 30.9 Å². The van der Waals surface area contributed by atoms with Gasteiger partial charge in [-0.25, -0.2) is 13.1 Å². The molecule has 0 fully saturated rings. The third kappa shape index (κ3) is 5.25. The second-order valence-corrected chi connectivity index (χ2v) is 5.80. The number of nitrogens with zero attached hydrogens (tertiary/aromatic N) is 1. The first kappa shape index (κ1) is 14.1. The van der Waals surface area contributed by atoms with Crippen molar-refractivity contribution in [2.75, 3.05) is 12.4 Å². The van der Waals surface area contributed by atoms with Crippen molar-refractivity contribution in [3.8, 4) is 0 Å². The molecule has 0 bridgehead atoms. The van der Waals surface area contributed by atoms with Crippen LogP contribution in [0, 0.1) is 6.92 Å². The minimum absolute atomic E-state index is 0.0250. The highest BCUT2D eigenvalue weighted by Crippen LogP contribution is 2.05. The van der Waals surface area contributed by atoms with Gasteiger partial charge in [0.2, 0.25) is 10.0 Å². The van der Waals surface area contributed by atoms with Gasteiger partial charge in [-0.1, -0.05) is 0 Å². The highest BCUT2D eigenvalue weighted by molar-refractivity contribution is 7.89. The number of aromatic nitrogens is 1. The standard InChI is InChI=1S/C11H18N2O3S/c1-10-4-5-12-8-11(10)9-13-17(15,16)7-3-2-6-14/h4-5,8,13-14H,2-3,6-7,9H2,1H3. The Labute approximate surface area is 102 Å². The van der Waals surface area contributed by atoms with Crippen LogP contribution in [0.2, 0.25) is 0 Å². The largest absolute Gasteiger partial charge is 0.396 e. The molecule has 0 aliphatic heterocycles. The maximum atomic E-state index is 11.6. The van der Waals surface area contributed by atoms with Crippen LogP contribution < -0.4 is 4.72 Å². The van der Waals surface area contributed by atoms with E-state index in [4.69, 9.17) is 5.11 Å². The fraction of sp³-hybridized carbons (Fsp3) is 0.545. The van der Waals surface area contributed by atoms with Crippen molar-refractivity contribution in [3.05, 3.63) is 29.6 Å². The quantitative estimate of drug-likeness (QED) is 0.701. The molecule has 5 nitrogen and oxygen atoms in total. The Hall–Kier alpha value is -0.980. The first-order valence-corrected chi connectivity index (χ1v) is 7.18. The molecule has 0 amide bonds. The van der Waals surface area contributed by atoms with Gasteiger partial charge in [0.15, 0.2) is 0 Å². The highest BCUT2D eigenvalue weighted by Gasteiger charge is 2.09. The van der Waals surface area contributed by atoms with Crippen molar-refractivity contribution in [2.45, 2.75) is 26.3 Å². The second-order valence-electron chi connectivity index (χ2n) is 3.87. The molecule has 1 aromatic heterocycles. The van der Waals surface area contributed by atoms with E-state index in [9.17, 15) is 8.42 Å². The van der Waals surface area contributed by atoms with Crippen molar-refractivity contribution < 1.29 is 13.5 Å². The van der Waals surface area contributed by atoms with E-state index in [1.807, 2.05) is 13.0 Å². The third-order valence-electron chi connectivity index (χ3n) is 2.45. The summed E-state index contributed by atoms with van der Waals surface area (Å²) in [5.74, 6) is 0.0485. The Balaban J connectivity index is 2.47. The Kier molecular flexibility index (Phi) is 5.54. The second kappa shape index (κ2) is 6.68. The molecule has 1 rings (SSSR count). The van der Waals surface area contributed by atoms with E-state index in [-0.39, 0.29) is 18.9 Å². The van der Waals surface area contributed by atoms with E-state index in [0.717, 1.165) is 11.1 Å². The molecule has 2 N–H and O–H groups in total. The number of sulfonamides is 1. The maximum Gasteiger partial charge on any atom is 0.211 e. The van der Waals surface area contributed by atoms with Crippen molar-refractivity contribution in [1.82, 2.24) is 9.71 Å². The molecule has 0 atom stereocenters. The lowest BCUT2D eigenvalue weighted by molar-refractivity contribution is 0.287. The summed E-state index contributed by atoms with van der Waals surface area (Å²) < 4.78 is 25.7. The number of rotatable bonds is 7. The molecular formula is C11H18N2O3S. The fourth-order valence-corrected chi connectivity index (χ4v) is 2.45. The summed E-state index contributed by atoms with van der Waals surface area (Å²) >= 11 is 0. The van der Waals surface area contributed by atoms with Crippen LogP contribution in [0.25, 0.3) is 0 Å². The Morgan fingerprint density at radius 2 is 2.18 bits per heavy atom. The van der Waals surface area contributed by atoms with Crippen LogP contribution in [0.5, 0.6) is 0 Å². The van der Waals surface area contributed by atoms with Gasteiger partial charge in [-0.15, -0.1) is 0 Å². The van der Waals surface area contributed by atoms with Gasteiger partial charge in [0.25, 0.3) is 0 Å². The molecule has 0 saturated heterocycles. The van der Waals surface area contributed by atoms with Gasteiger partial charge in [0.1, 0.15) is 0 Å². The first-order valence-electron chi connectivity index (χ1n) is 5.53. The summed E-state index contributed by atoms with van der Waals surface area (Å²) in [5.41, 5.74) is 1.89. The summed E-state index contributed by atoms with van der Waals surface area (Å²) in [6.45, 7) is 2.20. The van der Waals surface area contributed by atoms with Crippen molar-refractivity contribution in [2.24, 2.45) is 0 Å². The maximum absolute atomic E-state index is 11.6. The minimum atomic E-state index is -3.26. The number of hydrogen-bond acceptors (Lipinski definition) is 4. The van der Waals surface area contributed by atoms with E-state index < -0.39 is 10.0 Å². The normalized spacial score (nSPS) is 11.6. The predicted octanol–water partition coefficient (Wildman–Crippen LogP) is 0.582. The Bertz CT molecular complexity index is 446.